The van der Waals surface area contributed by atoms with Gasteiger partial charge in [0.2, 0.25) is 5.82 Å². The summed E-state index contributed by atoms with van der Waals surface area (Å²) in [5, 5.41) is 0. The van der Waals surface area contributed by atoms with Gasteiger partial charge in [0.15, 0.2) is 19.3 Å². The van der Waals surface area contributed by atoms with Crippen molar-refractivity contribution >= 4 is 41.4 Å². The zero-order chi connectivity index (χ0) is 26.0. The van der Waals surface area contributed by atoms with E-state index in [0.717, 1.165) is 11.7 Å². The second kappa shape index (κ2) is 13.2. The number of hydrogen-bond acceptors (Lipinski definition) is 13. The summed E-state index contributed by atoms with van der Waals surface area (Å²) in [7, 11) is 0. The van der Waals surface area contributed by atoms with Gasteiger partial charge >= 0.3 is 17.9 Å². The van der Waals surface area contributed by atoms with Gasteiger partial charge in [0, 0.05) is 32.5 Å². The molecule has 1 amide bonds. The molecule has 1 fully saturated rings. The molecule has 13 nitrogen and oxygen atoms in total. The van der Waals surface area contributed by atoms with Crippen molar-refractivity contribution in [1.29, 1.82) is 0 Å². The molecule has 1 aliphatic heterocycles. The summed E-state index contributed by atoms with van der Waals surface area (Å²) in [5.74, 6) is -1.68. The lowest BCUT2D eigenvalue weighted by Gasteiger charge is -2.37. The standard InChI is InChI=1S/C21H32N4O9S/c1-14(26)31-12-17(28)25(21(3,4)5)10-16(34-18(29)13-32-15(2)27)11-33-20-19(22-35-23-20)24-6-8-30-9-7-24/h16H,6-13H2,1-5H3/t16-/m0/s1. The van der Waals surface area contributed by atoms with E-state index in [0.29, 0.717) is 32.1 Å². The van der Waals surface area contributed by atoms with E-state index in [2.05, 4.69) is 8.75 Å². The number of nitrogens with zero attached hydrogens (tertiary/aromatic N) is 4. The fourth-order valence-corrected chi connectivity index (χ4v) is 3.63. The number of anilines is 1. The molecule has 1 aromatic heterocycles. The van der Waals surface area contributed by atoms with Crippen LogP contribution in [0.2, 0.25) is 0 Å². The zero-order valence-corrected chi connectivity index (χ0v) is 21.4. The summed E-state index contributed by atoms with van der Waals surface area (Å²) in [6, 6.07) is 0. The van der Waals surface area contributed by atoms with Crippen LogP contribution in [-0.4, -0.2) is 102 Å². The molecule has 196 valence electrons. The van der Waals surface area contributed by atoms with Gasteiger partial charge in [0.1, 0.15) is 6.61 Å². The average Bonchev–Trinajstić information content (AvgIpc) is 3.26. The van der Waals surface area contributed by atoms with Crippen molar-refractivity contribution in [2.24, 2.45) is 0 Å². The Kier molecular flexibility index (Phi) is 10.6. The summed E-state index contributed by atoms with van der Waals surface area (Å²) in [5.41, 5.74) is -0.696. The van der Waals surface area contributed by atoms with E-state index in [1.807, 2.05) is 4.90 Å². The Balaban J connectivity index is 2.15. The highest BCUT2D eigenvalue weighted by molar-refractivity contribution is 6.99. The smallest absolute Gasteiger partial charge is 0.344 e. The molecular formula is C21H32N4O9S. The molecule has 1 saturated heterocycles. The Morgan fingerprint density at radius 1 is 1.06 bits per heavy atom. The van der Waals surface area contributed by atoms with Gasteiger partial charge in [-0.25, -0.2) is 4.79 Å². The molecule has 14 heteroatoms. The minimum atomic E-state index is -0.946. The summed E-state index contributed by atoms with van der Waals surface area (Å²) in [6.45, 7) is 8.85. The SMILES string of the molecule is CC(=O)OCC(=O)O[C@H](COc1nsnc1N1CCOCC1)CN(C(=O)COC(C)=O)C(C)(C)C. The van der Waals surface area contributed by atoms with Crippen LogP contribution in [-0.2, 0) is 38.1 Å². The van der Waals surface area contributed by atoms with Gasteiger partial charge in [-0.1, -0.05) is 0 Å². The van der Waals surface area contributed by atoms with E-state index in [-0.39, 0.29) is 19.0 Å². The number of amides is 1. The third kappa shape index (κ3) is 9.64. The second-order valence-corrected chi connectivity index (χ2v) is 9.18. The Labute approximate surface area is 207 Å². The van der Waals surface area contributed by atoms with Crippen molar-refractivity contribution in [2.45, 2.75) is 46.3 Å². The van der Waals surface area contributed by atoms with E-state index < -0.39 is 48.7 Å². The summed E-state index contributed by atoms with van der Waals surface area (Å²) in [6.07, 6.45) is -0.946. The van der Waals surface area contributed by atoms with Crippen molar-refractivity contribution in [3.8, 4) is 5.88 Å². The number of esters is 3. The van der Waals surface area contributed by atoms with Crippen LogP contribution < -0.4 is 9.64 Å². The number of rotatable bonds is 11. The molecule has 0 bridgehead atoms. The van der Waals surface area contributed by atoms with Gasteiger partial charge in [-0.3, -0.25) is 14.4 Å². The Hall–Kier alpha value is -3.00. The number of aromatic nitrogens is 2. The van der Waals surface area contributed by atoms with Crippen molar-refractivity contribution < 1.29 is 42.9 Å². The molecule has 2 heterocycles. The third-order valence-electron chi connectivity index (χ3n) is 4.75. The molecule has 0 aliphatic carbocycles. The van der Waals surface area contributed by atoms with Crippen molar-refractivity contribution in [2.75, 3.05) is 57.6 Å². The van der Waals surface area contributed by atoms with Crippen molar-refractivity contribution in [3.63, 3.8) is 0 Å². The van der Waals surface area contributed by atoms with Gasteiger partial charge in [-0.15, -0.1) is 4.37 Å². The fourth-order valence-electron chi connectivity index (χ4n) is 3.11. The van der Waals surface area contributed by atoms with E-state index >= 15 is 0 Å². The van der Waals surface area contributed by atoms with Gasteiger partial charge in [-0.05, 0) is 20.8 Å². The molecule has 1 aliphatic rings. The molecule has 0 spiro atoms. The van der Waals surface area contributed by atoms with Crippen LogP contribution in [0.4, 0.5) is 5.82 Å². The first-order chi connectivity index (χ1) is 16.5. The second-order valence-electron chi connectivity index (χ2n) is 8.65. The van der Waals surface area contributed by atoms with Gasteiger partial charge in [0.05, 0.1) is 31.5 Å². The maximum atomic E-state index is 12.8. The Bertz CT molecular complexity index is 880. The maximum absolute atomic E-state index is 12.8. The molecule has 1 aromatic rings. The van der Waals surface area contributed by atoms with Crippen molar-refractivity contribution in [3.05, 3.63) is 0 Å². The highest BCUT2D eigenvalue weighted by Gasteiger charge is 2.32. The van der Waals surface area contributed by atoms with Gasteiger partial charge < -0.3 is 33.5 Å². The minimum absolute atomic E-state index is 0.0696. The van der Waals surface area contributed by atoms with Crippen LogP contribution in [0.25, 0.3) is 0 Å². The molecule has 0 unspecified atom stereocenters. The van der Waals surface area contributed by atoms with Crippen LogP contribution in [0.1, 0.15) is 34.6 Å². The molecule has 0 aromatic carbocycles. The summed E-state index contributed by atoms with van der Waals surface area (Å²) < 4.78 is 34.7. The minimum Gasteiger partial charge on any atom is -0.470 e. The molecule has 0 N–H and O–H groups in total. The molecule has 2 rings (SSSR count). The Morgan fingerprint density at radius 3 is 2.29 bits per heavy atom. The van der Waals surface area contributed by atoms with Gasteiger partial charge in [0.25, 0.3) is 11.8 Å². The van der Waals surface area contributed by atoms with Crippen LogP contribution in [0.15, 0.2) is 0 Å². The van der Waals surface area contributed by atoms with E-state index in [9.17, 15) is 19.2 Å². The van der Waals surface area contributed by atoms with Gasteiger partial charge in [-0.2, -0.15) is 4.37 Å². The quantitative estimate of drug-likeness (QED) is 0.296. The largest absolute Gasteiger partial charge is 0.470 e. The maximum Gasteiger partial charge on any atom is 0.344 e. The highest BCUT2D eigenvalue weighted by Crippen LogP contribution is 2.27. The number of hydrogen-bond donors (Lipinski definition) is 0. The van der Waals surface area contributed by atoms with Crippen LogP contribution in [0, 0.1) is 0 Å². The van der Waals surface area contributed by atoms with E-state index in [4.69, 9.17) is 23.7 Å². The topological polar surface area (TPSA) is 147 Å². The molecule has 0 saturated carbocycles. The van der Waals surface area contributed by atoms with Crippen LogP contribution in [0.3, 0.4) is 0 Å². The average molecular weight is 517 g/mol. The van der Waals surface area contributed by atoms with Crippen LogP contribution >= 0.6 is 11.7 Å². The third-order valence-corrected chi connectivity index (χ3v) is 5.25. The Morgan fingerprint density at radius 2 is 1.69 bits per heavy atom. The first-order valence-corrected chi connectivity index (χ1v) is 11.7. The molecule has 35 heavy (non-hydrogen) atoms. The first kappa shape index (κ1) is 28.2. The van der Waals surface area contributed by atoms with Crippen LogP contribution in [0.5, 0.6) is 5.88 Å². The van der Waals surface area contributed by atoms with E-state index in [1.54, 1.807) is 20.8 Å². The van der Waals surface area contributed by atoms with Crippen molar-refractivity contribution in [1.82, 2.24) is 13.6 Å². The fraction of sp³-hybridized carbons (Fsp3) is 0.714. The molecule has 1 atom stereocenters. The number of ether oxygens (including phenoxy) is 5. The molecule has 0 radical (unpaired) electrons. The first-order valence-electron chi connectivity index (χ1n) is 11.0. The number of carbonyl (C=O) groups excluding carboxylic acids is 4. The zero-order valence-electron chi connectivity index (χ0n) is 20.6. The van der Waals surface area contributed by atoms with E-state index in [1.165, 1.54) is 18.7 Å². The summed E-state index contributed by atoms with van der Waals surface area (Å²) in [4.78, 5) is 50.7. The number of morpholine rings is 1. The predicted molar refractivity (Wildman–Crippen MR) is 123 cm³/mol. The predicted octanol–water partition coefficient (Wildman–Crippen LogP) is 0.419. The normalized spacial score (nSPS) is 14.6. The lowest BCUT2D eigenvalue weighted by atomic mass is 10.1. The highest BCUT2D eigenvalue weighted by atomic mass is 32.1. The molecular weight excluding hydrogens is 484 g/mol. The lowest BCUT2D eigenvalue weighted by Crippen LogP contribution is -2.52. The number of carbonyl (C=O) groups is 4. The monoisotopic (exact) mass is 516 g/mol. The lowest BCUT2D eigenvalue weighted by molar-refractivity contribution is -0.166. The summed E-state index contributed by atoms with van der Waals surface area (Å²) >= 11 is 0.983.